The van der Waals surface area contributed by atoms with Crippen molar-refractivity contribution in [3.05, 3.63) is 29.3 Å². The molecule has 1 aliphatic heterocycles. The van der Waals surface area contributed by atoms with E-state index < -0.39 is 17.5 Å². The molecule has 1 aromatic rings. The highest BCUT2D eigenvalue weighted by atomic mass is 35.5. The minimum atomic E-state index is -1.31. The third-order valence-corrected chi connectivity index (χ3v) is 8.16. The van der Waals surface area contributed by atoms with E-state index in [1.165, 1.54) is 7.11 Å². The molecule has 2 N–H and O–H groups in total. The molecule has 1 aliphatic carbocycles. The zero-order valence-electron chi connectivity index (χ0n) is 21.4. The van der Waals surface area contributed by atoms with Crippen molar-refractivity contribution in [1.82, 2.24) is 4.90 Å². The number of carbonyl (C=O) groups is 2. The molecule has 0 amide bonds. The summed E-state index contributed by atoms with van der Waals surface area (Å²) in [6, 6.07) is 7.53. The Kier molecular flexibility index (Phi) is 9.08. The molecule has 1 heterocycles. The lowest BCUT2D eigenvalue weighted by Gasteiger charge is -2.45. The van der Waals surface area contributed by atoms with Gasteiger partial charge in [-0.3, -0.25) is 9.79 Å². The molecule has 7 nitrogen and oxygen atoms in total. The number of hydrogen-bond acceptors (Lipinski definition) is 6. The molecule has 0 aromatic heterocycles. The van der Waals surface area contributed by atoms with Gasteiger partial charge in [0, 0.05) is 29.2 Å². The van der Waals surface area contributed by atoms with Gasteiger partial charge in [-0.25, -0.2) is 4.79 Å². The van der Waals surface area contributed by atoms with Crippen molar-refractivity contribution in [3.8, 4) is 0 Å². The Balaban J connectivity index is 1.74. The first-order chi connectivity index (χ1) is 16.6. The van der Waals surface area contributed by atoms with E-state index in [0.717, 1.165) is 55.8 Å². The first kappa shape index (κ1) is 27.3. The van der Waals surface area contributed by atoms with Crippen LogP contribution in [0.4, 0.5) is 5.69 Å². The zero-order valence-corrected chi connectivity index (χ0v) is 22.2. The van der Waals surface area contributed by atoms with Gasteiger partial charge in [-0.2, -0.15) is 0 Å². The van der Waals surface area contributed by atoms with Crippen molar-refractivity contribution in [2.75, 3.05) is 19.0 Å². The van der Waals surface area contributed by atoms with Crippen LogP contribution in [0, 0.1) is 11.8 Å². The number of ether oxygens (including phenoxy) is 1. The molecule has 0 saturated heterocycles. The van der Waals surface area contributed by atoms with Crippen molar-refractivity contribution < 1.29 is 19.4 Å². The molecule has 194 valence electrons. The lowest BCUT2D eigenvalue weighted by Crippen LogP contribution is -2.56. The summed E-state index contributed by atoms with van der Waals surface area (Å²) in [7, 11) is 1.33. The number of carboxylic acid groups (broad SMARTS) is 1. The Morgan fingerprint density at radius 2 is 1.89 bits per heavy atom. The number of hydrogen-bond donors (Lipinski definition) is 2. The van der Waals surface area contributed by atoms with Gasteiger partial charge in [0.05, 0.1) is 19.5 Å². The van der Waals surface area contributed by atoms with Crippen molar-refractivity contribution in [2.45, 2.75) is 89.3 Å². The molecular weight excluding hydrogens is 466 g/mol. The summed E-state index contributed by atoms with van der Waals surface area (Å²) >= 11 is 6.04. The third kappa shape index (κ3) is 6.29. The summed E-state index contributed by atoms with van der Waals surface area (Å²) in [4.78, 5) is 31.2. The highest BCUT2D eigenvalue weighted by Gasteiger charge is 2.55. The highest BCUT2D eigenvalue weighted by molar-refractivity contribution is 6.30. The monoisotopic (exact) mass is 505 g/mol. The number of benzene rings is 1. The van der Waals surface area contributed by atoms with Gasteiger partial charge in [0.25, 0.3) is 0 Å². The minimum Gasteiger partial charge on any atom is -0.479 e. The topological polar surface area (TPSA) is 91.2 Å². The molecule has 0 radical (unpaired) electrons. The van der Waals surface area contributed by atoms with Crippen LogP contribution in [0.25, 0.3) is 0 Å². The SMILES string of the molecule is CCCCN1C=NC(CCC(=O)OC)(C(=O)O)C1C1CCC(C(C)(C)Nc2ccc(Cl)cc2)CC1. The standard InChI is InChI=1S/C27H40ClN3O4/c1-5-6-17-31-18-29-27(25(33)34,16-15-23(32)35-4)24(31)19-7-9-20(10-8-19)26(2,3)30-22-13-11-21(28)12-14-22/h11-14,18-20,24,30H,5-10,15-17H2,1-4H3,(H,33,34). The number of aliphatic imine (C=N–C) groups is 1. The number of anilines is 1. The molecule has 0 bridgehead atoms. The zero-order chi connectivity index (χ0) is 25.6. The fourth-order valence-corrected chi connectivity index (χ4v) is 5.98. The number of aliphatic carboxylic acids is 1. The van der Waals surface area contributed by atoms with Crippen LogP contribution in [-0.2, 0) is 14.3 Å². The van der Waals surface area contributed by atoms with Crippen molar-refractivity contribution >= 4 is 35.6 Å². The van der Waals surface area contributed by atoms with E-state index in [-0.39, 0.29) is 30.3 Å². The molecule has 2 unspecified atom stereocenters. The van der Waals surface area contributed by atoms with Crippen LogP contribution in [0.3, 0.4) is 0 Å². The third-order valence-electron chi connectivity index (χ3n) is 7.91. The number of nitrogens with zero attached hydrogens (tertiary/aromatic N) is 2. The Labute approximate surface area is 214 Å². The predicted octanol–water partition coefficient (Wildman–Crippen LogP) is 5.63. The summed E-state index contributed by atoms with van der Waals surface area (Å²) in [5.74, 6) is -0.695. The maximum absolute atomic E-state index is 12.6. The van der Waals surface area contributed by atoms with Crippen LogP contribution in [0.15, 0.2) is 29.3 Å². The molecule has 1 aromatic carbocycles. The van der Waals surface area contributed by atoms with E-state index in [2.05, 4.69) is 36.0 Å². The molecule has 0 spiro atoms. The first-order valence-electron chi connectivity index (χ1n) is 12.8. The van der Waals surface area contributed by atoms with Gasteiger partial charge in [0.1, 0.15) is 0 Å². The number of rotatable bonds is 11. The van der Waals surface area contributed by atoms with Gasteiger partial charge in [0.15, 0.2) is 5.54 Å². The maximum Gasteiger partial charge on any atom is 0.333 e. The number of unbranched alkanes of at least 4 members (excludes halogenated alkanes) is 1. The van der Waals surface area contributed by atoms with Gasteiger partial charge >= 0.3 is 11.9 Å². The molecular formula is C27H40ClN3O4. The van der Waals surface area contributed by atoms with Gasteiger partial charge in [0.2, 0.25) is 0 Å². The second-order valence-electron chi connectivity index (χ2n) is 10.6. The summed E-state index contributed by atoms with van der Waals surface area (Å²) in [5, 5.41) is 14.7. The lowest BCUT2D eigenvalue weighted by atomic mass is 9.67. The van der Waals surface area contributed by atoms with Crippen LogP contribution in [0.1, 0.15) is 72.1 Å². The summed E-state index contributed by atoms with van der Waals surface area (Å²) in [6.45, 7) is 7.37. The average molecular weight is 506 g/mol. The van der Waals surface area contributed by atoms with Gasteiger partial charge in [-0.15, -0.1) is 0 Å². The van der Waals surface area contributed by atoms with Gasteiger partial charge < -0.3 is 20.1 Å². The van der Waals surface area contributed by atoms with E-state index in [1.807, 2.05) is 24.3 Å². The van der Waals surface area contributed by atoms with Crippen LogP contribution >= 0.6 is 11.6 Å². The number of methoxy groups -OCH3 is 1. The van der Waals surface area contributed by atoms with Crippen LogP contribution in [0.2, 0.25) is 5.02 Å². The van der Waals surface area contributed by atoms with Crippen LogP contribution in [-0.4, -0.2) is 59.1 Å². The van der Waals surface area contributed by atoms with E-state index in [4.69, 9.17) is 16.3 Å². The Bertz CT molecular complexity index is 896. The lowest BCUT2D eigenvalue weighted by molar-refractivity contribution is -0.147. The fraction of sp³-hybridized carbons (Fsp3) is 0.667. The second kappa shape index (κ2) is 11.6. The van der Waals surface area contributed by atoms with Gasteiger partial charge in [-0.1, -0.05) is 24.9 Å². The summed E-state index contributed by atoms with van der Waals surface area (Å²) in [6.07, 6.45) is 7.80. The van der Waals surface area contributed by atoms with Crippen LogP contribution < -0.4 is 5.32 Å². The predicted molar refractivity (Wildman–Crippen MR) is 140 cm³/mol. The Morgan fingerprint density at radius 3 is 2.46 bits per heavy atom. The number of halogens is 1. The van der Waals surface area contributed by atoms with E-state index >= 15 is 0 Å². The number of carboxylic acids is 1. The van der Waals surface area contributed by atoms with Gasteiger partial charge in [-0.05, 0) is 88.5 Å². The second-order valence-corrected chi connectivity index (χ2v) is 11.0. The van der Waals surface area contributed by atoms with E-state index in [1.54, 1.807) is 6.34 Å². The Morgan fingerprint density at radius 1 is 1.23 bits per heavy atom. The largest absolute Gasteiger partial charge is 0.479 e. The number of esters is 1. The van der Waals surface area contributed by atoms with E-state index in [9.17, 15) is 14.7 Å². The smallest absolute Gasteiger partial charge is 0.333 e. The molecule has 2 atom stereocenters. The molecule has 2 aliphatic rings. The summed E-state index contributed by atoms with van der Waals surface area (Å²) < 4.78 is 4.80. The first-order valence-corrected chi connectivity index (χ1v) is 13.2. The van der Waals surface area contributed by atoms with E-state index in [0.29, 0.717) is 5.92 Å². The van der Waals surface area contributed by atoms with Crippen LogP contribution in [0.5, 0.6) is 0 Å². The maximum atomic E-state index is 12.6. The molecule has 1 fully saturated rings. The number of nitrogens with one attached hydrogen (secondary N) is 1. The molecule has 35 heavy (non-hydrogen) atoms. The van der Waals surface area contributed by atoms with Crippen molar-refractivity contribution in [1.29, 1.82) is 0 Å². The quantitative estimate of drug-likeness (QED) is 0.379. The fourth-order valence-electron chi connectivity index (χ4n) is 5.86. The highest BCUT2D eigenvalue weighted by Crippen LogP contribution is 2.45. The number of carbonyl (C=O) groups excluding carboxylic acids is 1. The van der Waals surface area contributed by atoms with Crippen molar-refractivity contribution in [3.63, 3.8) is 0 Å². The summed E-state index contributed by atoms with van der Waals surface area (Å²) in [5.41, 5.74) is -0.373. The minimum absolute atomic E-state index is 0.0473. The molecule has 1 saturated carbocycles. The van der Waals surface area contributed by atoms with Crippen molar-refractivity contribution in [2.24, 2.45) is 16.8 Å². The molecule has 8 heteroatoms. The average Bonchev–Trinajstić information content (AvgIpc) is 3.22. The molecule has 3 rings (SSSR count). The normalized spacial score (nSPS) is 26.5. The Hall–Kier alpha value is -2.28.